The van der Waals surface area contributed by atoms with Crippen molar-refractivity contribution in [3.05, 3.63) is 36.0 Å². The van der Waals surface area contributed by atoms with E-state index in [1.54, 1.807) is 0 Å². The molecule has 2 heteroatoms. The van der Waals surface area contributed by atoms with Crippen LogP contribution in [0.2, 0.25) is 0 Å². The Morgan fingerprint density at radius 2 is 1.95 bits per heavy atom. The van der Waals surface area contributed by atoms with E-state index in [-0.39, 0.29) is 6.04 Å². The lowest BCUT2D eigenvalue weighted by atomic mass is 10.0. The van der Waals surface area contributed by atoms with Gasteiger partial charge in [-0.2, -0.15) is 0 Å². The highest BCUT2D eigenvalue weighted by Gasteiger charge is 2.10. The maximum Gasteiger partial charge on any atom is 0.0483 e. The Labute approximate surface area is 116 Å². The first-order valence-corrected chi connectivity index (χ1v) is 7.44. The Hall–Kier alpha value is -1.28. The molecule has 1 unspecified atom stereocenters. The maximum atomic E-state index is 6.12. The lowest BCUT2D eigenvalue weighted by Gasteiger charge is -2.07. The van der Waals surface area contributed by atoms with Crippen LogP contribution in [0.4, 0.5) is 0 Å². The van der Waals surface area contributed by atoms with Crippen LogP contribution < -0.4 is 5.73 Å². The molecule has 0 radical (unpaired) electrons. The van der Waals surface area contributed by atoms with E-state index in [2.05, 4.69) is 55.8 Å². The summed E-state index contributed by atoms with van der Waals surface area (Å²) in [5.74, 6) is 0.738. The van der Waals surface area contributed by atoms with Gasteiger partial charge in [-0.1, -0.05) is 39.0 Å². The second-order valence-corrected chi connectivity index (χ2v) is 5.92. The standard InChI is InChI=1S/C17H26N2/c1-4-15(18)11-14-12-19(10-9-13(2)3)17-8-6-5-7-16(14)17/h5-8,12-13,15H,4,9-11,18H2,1-3H3. The van der Waals surface area contributed by atoms with Crippen molar-refractivity contribution in [1.82, 2.24) is 4.57 Å². The summed E-state index contributed by atoms with van der Waals surface area (Å²) in [5, 5.41) is 1.37. The molecular weight excluding hydrogens is 232 g/mol. The molecule has 0 aliphatic heterocycles. The number of aromatic nitrogens is 1. The molecule has 0 saturated heterocycles. The van der Waals surface area contributed by atoms with Gasteiger partial charge < -0.3 is 10.3 Å². The Morgan fingerprint density at radius 3 is 2.63 bits per heavy atom. The molecule has 1 aromatic heterocycles. The maximum absolute atomic E-state index is 6.12. The second kappa shape index (κ2) is 6.25. The summed E-state index contributed by atoms with van der Waals surface area (Å²) in [4.78, 5) is 0. The van der Waals surface area contributed by atoms with E-state index in [1.807, 2.05) is 0 Å². The van der Waals surface area contributed by atoms with Crippen LogP contribution in [-0.4, -0.2) is 10.6 Å². The molecule has 1 atom stereocenters. The van der Waals surface area contributed by atoms with Gasteiger partial charge in [0.2, 0.25) is 0 Å². The van der Waals surface area contributed by atoms with E-state index < -0.39 is 0 Å². The zero-order valence-corrected chi connectivity index (χ0v) is 12.4. The Bertz CT molecular complexity index is 525. The third-order valence-corrected chi connectivity index (χ3v) is 3.82. The monoisotopic (exact) mass is 258 g/mol. The highest BCUT2D eigenvalue weighted by molar-refractivity contribution is 5.84. The average Bonchev–Trinajstić information content (AvgIpc) is 2.75. The first-order valence-electron chi connectivity index (χ1n) is 7.44. The van der Waals surface area contributed by atoms with E-state index in [0.717, 1.165) is 25.3 Å². The number of nitrogens with zero attached hydrogens (tertiary/aromatic N) is 1. The van der Waals surface area contributed by atoms with Crippen molar-refractivity contribution in [1.29, 1.82) is 0 Å². The molecule has 2 N–H and O–H groups in total. The van der Waals surface area contributed by atoms with Gasteiger partial charge in [-0.3, -0.25) is 0 Å². The third-order valence-electron chi connectivity index (χ3n) is 3.82. The zero-order valence-electron chi connectivity index (χ0n) is 12.4. The number of benzene rings is 1. The number of para-hydroxylation sites is 1. The van der Waals surface area contributed by atoms with Gasteiger partial charge in [0.15, 0.2) is 0 Å². The number of hydrogen-bond acceptors (Lipinski definition) is 1. The largest absolute Gasteiger partial charge is 0.347 e. The minimum atomic E-state index is 0.268. The fourth-order valence-corrected chi connectivity index (χ4v) is 2.49. The molecule has 2 aromatic rings. The number of aryl methyl sites for hydroxylation is 1. The quantitative estimate of drug-likeness (QED) is 0.835. The predicted octanol–water partition coefficient (Wildman–Crippen LogP) is 3.97. The predicted molar refractivity (Wildman–Crippen MR) is 83.4 cm³/mol. The average molecular weight is 258 g/mol. The van der Waals surface area contributed by atoms with Gasteiger partial charge in [-0.05, 0) is 36.8 Å². The molecule has 0 spiro atoms. The van der Waals surface area contributed by atoms with Crippen LogP contribution in [-0.2, 0) is 13.0 Å². The molecule has 104 valence electrons. The van der Waals surface area contributed by atoms with Crippen LogP contribution in [0.1, 0.15) is 39.2 Å². The van der Waals surface area contributed by atoms with Crippen molar-refractivity contribution in [3.8, 4) is 0 Å². The molecular formula is C17H26N2. The minimum Gasteiger partial charge on any atom is -0.347 e. The molecule has 1 heterocycles. The van der Waals surface area contributed by atoms with Crippen molar-refractivity contribution in [2.75, 3.05) is 0 Å². The zero-order chi connectivity index (χ0) is 13.8. The number of fused-ring (bicyclic) bond motifs is 1. The van der Waals surface area contributed by atoms with Gasteiger partial charge >= 0.3 is 0 Å². The van der Waals surface area contributed by atoms with Crippen molar-refractivity contribution >= 4 is 10.9 Å². The summed E-state index contributed by atoms with van der Waals surface area (Å²) in [6.45, 7) is 7.81. The smallest absolute Gasteiger partial charge is 0.0483 e. The molecule has 0 amide bonds. The van der Waals surface area contributed by atoms with E-state index in [1.165, 1.54) is 22.9 Å². The van der Waals surface area contributed by atoms with Gasteiger partial charge in [0.25, 0.3) is 0 Å². The molecule has 19 heavy (non-hydrogen) atoms. The van der Waals surface area contributed by atoms with Crippen LogP contribution in [0.25, 0.3) is 10.9 Å². The molecule has 0 fully saturated rings. The second-order valence-electron chi connectivity index (χ2n) is 5.92. The first kappa shape index (κ1) is 14.1. The van der Waals surface area contributed by atoms with Crippen LogP contribution in [0, 0.1) is 5.92 Å². The van der Waals surface area contributed by atoms with Gasteiger partial charge in [0, 0.05) is 29.7 Å². The first-order chi connectivity index (χ1) is 9.11. The Kier molecular flexibility index (Phi) is 4.65. The summed E-state index contributed by atoms with van der Waals surface area (Å²) in [7, 11) is 0. The normalized spacial score (nSPS) is 13.3. The molecule has 0 bridgehead atoms. The van der Waals surface area contributed by atoms with Gasteiger partial charge in [0.1, 0.15) is 0 Å². The molecule has 2 nitrogen and oxygen atoms in total. The third kappa shape index (κ3) is 3.38. The summed E-state index contributed by atoms with van der Waals surface area (Å²) in [6, 6.07) is 8.95. The number of hydrogen-bond donors (Lipinski definition) is 1. The molecule has 0 aliphatic rings. The van der Waals surface area contributed by atoms with Crippen LogP contribution in [0.3, 0.4) is 0 Å². The minimum absolute atomic E-state index is 0.268. The van der Waals surface area contributed by atoms with Gasteiger partial charge in [0.05, 0.1) is 0 Å². The highest BCUT2D eigenvalue weighted by atomic mass is 15.0. The van der Waals surface area contributed by atoms with Gasteiger partial charge in [-0.25, -0.2) is 0 Å². The SMILES string of the molecule is CCC(N)Cc1cn(CCC(C)C)c2ccccc12. The fraction of sp³-hybridized carbons (Fsp3) is 0.529. The Balaban J connectivity index is 2.31. The highest BCUT2D eigenvalue weighted by Crippen LogP contribution is 2.23. The summed E-state index contributed by atoms with van der Waals surface area (Å²) in [5.41, 5.74) is 8.86. The Morgan fingerprint density at radius 1 is 1.21 bits per heavy atom. The number of nitrogens with two attached hydrogens (primary N) is 1. The van der Waals surface area contributed by atoms with Crippen LogP contribution in [0.5, 0.6) is 0 Å². The summed E-state index contributed by atoms with van der Waals surface area (Å²) < 4.78 is 2.40. The van der Waals surface area contributed by atoms with Crippen LogP contribution >= 0.6 is 0 Å². The van der Waals surface area contributed by atoms with Crippen molar-refractivity contribution in [2.45, 2.75) is 52.6 Å². The summed E-state index contributed by atoms with van der Waals surface area (Å²) >= 11 is 0. The van der Waals surface area contributed by atoms with Gasteiger partial charge in [-0.15, -0.1) is 0 Å². The molecule has 0 aliphatic carbocycles. The van der Waals surface area contributed by atoms with Crippen molar-refractivity contribution in [2.24, 2.45) is 11.7 Å². The molecule has 2 rings (SSSR count). The lowest BCUT2D eigenvalue weighted by molar-refractivity contribution is 0.523. The molecule has 0 saturated carbocycles. The van der Waals surface area contributed by atoms with Crippen molar-refractivity contribution < 1.29 is 0 Å². The van der Waals surface area contributed by atoms with E-state index >= 15 is 0 Å². The van der Waals surface area contributed by atoms with Crippen LogP contribution in [0.15, 0.2) is 30.5 Å². The topological polar surface area (TPSA) is 30.9 Å². The lowest BCUT2D eigenvalue weighted by Crippen LogP contribution is -2.21. The number of rotatable bonds is 6. The molecule has 1 aromatic carbocycles. The fourth-order valence-electron chi connectivity index (χ4n) is 2.49. The van der Waals surface area contributed by atoms with E-state index in [9.17, 15) is 0 Å². The van der Waals surface area contributed by atoms with E-state index in [4.69, 9.17) is 5.73 Å². The van der Waals surface area contributed by atoms with E-state index in [0.29, 0.717) is 0 Å². The summed E-state index contributed by atoms with van der Waals surface area (Å²) in [6.07, 6.45) is 5.54. The van der Waals surface area contributed by atoms with Crippen molar-refractivity contribution in [3.63, 3.8) is 0 Å².